The number of carbonyl (C=O) groups is 2. The summed E-state index contributed by atoms with van der Waals surface area (Å²) in [5.41, 5.74) is -0.284. The molecular formula is C14H11NO9S4-2. The van der Waals surface area contributed by atoms with Crippen molar-refractivity contribution in [2.75, 3.05) is 6.54 Å². The van der Waals surface area contributed by atoms with Crippen molar-refractivity contribution in [2.45, 2.75) is 22.6 Å². The van der Waals surface area contributed by atoms with Crippen molar-refractivity contribution in [1.82, 2.24) is 4.90 Å². The van der Waals surface area contributed by atoms with Gasteiger partial charge in [0, 0.05) is 13.0 Å². The standard InChI is InChI=1S/C14H13NO9S4/c16-12(17)2-1-5-15-13(18)10(26-14(15)25)6-8-3-4-9(27(19,20)21)7-11(8)28(22,23)24/h3-4,6-7H,1-2,5H2,(H,16,17)(H,19,20,21)(H,22,23,24)/p-2/b10-6-. The van der Waals surface area contributed by atoms with Gasteiger partial charge in [-0.1, -0.05) is 30.0 Å². The Hall–Kier alpha value is -1.84. The first kappa shape index (κ1) is 22.4. The Labute approximate surface area is 169 Å². The fraction of sp³-hybridized carbons (Fsp3) is 0.214. The number of carbonyl (C=O) groups excluding carboxylic acids is 1. The SMILES string of the molecule is O=C(O)CCCN1C(=O)/C(=C/c2ccc(S(=O)(=O)[O-])cc2S(=O)(=O)[O-])SC1=S. The van der Waals surface area contributed by atoms with Crippen molar-refractivity contribution in [3.8, 4) is 0 Å². The molecule has 0 saturated carbocycles. The van der Waals surface area contributed by atoms with Crippen LogP contribution in [0.1, 0.15) is 18.4 Å². The first-order valence-corrected chi connectivity index (χ1v) is 11.4. The van der Waals surface area contributed by atoms with Crippen molar-refractivity contribution in [1.29, 1.82) is 0 Å². The molecule has 0 aliphatic carbocycles. The largest absolute Gasteiger partial charge is 0.744 e. The number of thioether (sulfide) groups is 1. The topological polar surface area (TPSA) is 172 Å². The van der Waals surface area contributed by atoms with E-state index in [2.05, 4.69) is 0 Å². The monoisotopic (exact) mass is 465 g/mol. The molecule has 1 saturated heterocycles. The molecule has 14 heteroatoms. The van der Waals surface area contributed by atoms with Gasteiger partial charge in [-0.15, -0.1) is 0 Å². The van der Waals surface area contributed by atoms with Crippen molar-refractivity contribution < 1.29 is 40.6 Å². The summed E-state index contributed by atoms with van der Waals surface area (Å²) in [6.07, 6.45) is 1.01. The number of hydrogen-bond donors (Lipinski definition) is 1. The molecule has 0 bridgehead atoms. The van der Waals surface area contributed by atoms with E-state index in [1.807, 2.05) is 0 Å². The molecule has 152 valence electrons. The molecule has 0 unspecified atom stereocenters. The molecule has 0 aromatic heterocycles. The average molecular weight is 466 g/mol. The second-order valence-electron chi connectivity index (χ2n) is 5.44. The van der Waals surface area contributed by atoms with Crippen LogP contribution in [0.2, 0.25) is 0 Å². The summed E-state index contributed by atoms with van der Waals surface area (Å²) >= 11 is 5.85. The molecule has 1 N–H and O–H groups in total. The van der Waals surface area contributed by atoms with Gasteiger partial charge in [-0.2, -0.15) is 0 Å². The summed E-state index contributed by atoms with van der Waals surface area (Å²) in [7, 11) is -10.2. The van der Waals surface area contributed by atoms with Crippen LogP contribution in [-0.4, -0.2) is 58.7 Å². The van der Waals surface area contributed by atoms with Gasteiger partial charge in [0.1, 0.15) is 24.6 Å². The van der Waals surface area contributed by atoms with Crippen LogP contribution in [0, 0.1) is 0 Å². The van der Waals surface area contributed by atoms with Gasteiger partial charge in [0.2, 0.25) is 0 Å². The van der Waals surface area contributed by atoms with E-state index in [-0.39, 0.29) is 34.2 Å². The molecule has 1 aromatic carbocycles. The molecule has 0 spiro atoms. The lowest BCUT2D eigenvalue weighted by atomic mass is 10.2. The van der Waals surface area contributed by atoms with E-state index in [0.717, 1.165) is 34.9 Å². The second kappa shape index (κ2) is 8.26. The third-order valence-electron chi connectivity index (χ3n) is 3.48. The van der Waals surface area contributed by atoms with Gasteiger partial charge >= 0.3 is 5.97 Å². The number of aliphatic carboxylic acids is 1. The van der Waals surface area contributed by atoms with E-state index in [1.54, 1.807) is 0 Å². The lowest BCUT2D eigenvalue weighted by Gasteiger charge is -2.15. The summed E-state index contributed by atoms with van der Waals surface area (Å²) < 4.78 is 67.7. The number of amides is 1. The number of hydrogen-bond acceptors (Lipinski definition) is 10. The number of benzene rings is 1. The van der Waals surface area contributed by atoms with E-state index in [0.29, 0.717) is 6.07 Å². The predicted molar refractivity (Wildman–Crippen MR) is 99.1 cm³/mol. The Morgan fingerprint density at radius 2 is 1.86 bits per heavy atom. The van der Waals surface area contributed by atoms with Crippen LogP contribution >= 0.6 is 24.0 Å². The molecule has 1 heterocycles. The lowest BCUT2D eigenvalue weighted by Crippen LogP contribution is -2.29. The van der Waals surface area contributed by atoms with Crippen LogP contribution in [0.3, 0.4) is 0 Å². The maximum atomic E-state index is 12.4. The lowest BCUT2D eigenvalue weighted by molar-refractivity contribution is -0.137. The first-order valence-electron chi connectivity index (χ1n) is 7.33. The minimum Gasteiger partial charge on any atom is -0.744 e. The van der Waals surface area contributed by atoms with Gasteiger partial charge in [0.25, 0.3) is 5.91 Å². The summed E-state index contributed by atoms with van der Waals surface area (Å²) in [5, 5.41) is 8.65. The second-order valence-corrected chi connectivity index (χ2v) is 9.84. The van der Waals surface area contributed by atoms with Gasteiger partial charge in [-0.05, 0) is 30.2 Å². The maximum Gasteiger partial charge on any atom is 0.303 e. The summed E-state index contributed by atoms with van der Waals surface area (Å²) in [6.45, 7) is 0.0361. The van der Waals surface area contributed by atoms with Crippen molar-refractivity contribution in [2.24, 2.45) is 0 Å². The number of thiocarbonyl (C=S) groups is 1. The number of carboxylic acid groups (broad SMARTS) is 1. The molecule has 10 nitrogen and oxygen atoms in total. The van der Waals surface area contributed by atoms with Crippen molar-refractivity contribution >= 4 is 66.5 Å². The number of rotatable bonds is 7. The van der Waals surface area contributed by atoms with Crippen LogP contribution in [-0.2, 0) is 29.8 Å². The molecule has 1 aliphatic heterocycles. The number of carboxylic acids is 1. The minimum absolute atomic E-state index is 0.0361. The Bertz CT molecular complexity index is 1090. The minimum atomic E-state index is -5.16. The van der Waals surface area contributed by atoms with Gasteiger partial charge in [-0.25, -0.2) is 16.8 Å². The Morgan fingerprint density at radius 1 is 1.21 bits per heavy atom. The Balaban J connectivity index is 2.41. The average Bonchev–Trinajstić information content (AvgIpc) is 2.80. The molecule has 28 heavy (non-hydrogen) atoms. The van der Waals surface area contributed by atoms with E-state index in [1.165, 1.54) is 0 Å². The summed E-state index contributed by atoms with van der Waals surface area (Å²) in [4.78, 5) is 22.2. The fourth-order valence-electron chi connectivity index (χ4n) is 2.23. The normalized spacial score (nSPS) is 16.8. The zero-order chi connectivity index (χ0) is 21.3. The van der Waals surface area contributed by atoms with Crippen molar-refractivity contribution in [3.05, 3.63) is 28.7 Å². The summed E-state index contributed by atoms with van der Waals surface area (Å²) in [6, 6.07) is 2.17. The molecule has 0 radical (unpaired) electrons. The highest BCUT2D eigenvalue weighted by molar-refractivity contribution is 8.26. The highest BCUT2D eigenvalue weighted by Crippen LogP contribution is 2.34. The van der Waals surface area contributed by atoms with Gasteiger partial charge in [-0.3, -0.25) is 14.5 Å². The fourth-order valence-corrected chi connectivity index (χ4v) is 4.79. The predicted octanol–water partition coefficient (Wildman–Crippen LogP) is 0.561. The van der Waals surface area contributed by atoms with E-state index < -0.39 is 41.9 Å². The number of nitrogens with zero attached hydrogens (tertiary/aromatic N) is 1. The Morgan fingerprint density at radius 3 is 2.39 bits per heavy atom. The quantitative estimate of drug-likeness (QED) is 0.339. The zero-order valence-corrected chi connectivity index (χ0v) is 17.0. The highest BCUT2D eigenvalue weighted by Gasteiger charge is 2.32. The van der Waals surface area contributed by atoms with Crippen LogP contribution in [0.5, 0.6) is 0 Å². The Kier molecular flexibility index (Phi) is 6.62. The smallest absolute Gasteiger partial charge is 0.303 e. The van der Waals surface area contributed by atoms with Gasteiger partial charge < -0.3 is 14.2 Å². The highest BCUT2D eigenvalue weighted by atomic mass is 32.2. The van der Waals surface area contributed by atoms with Crippen LogP contribution in [0.4, 0.5) is 0 Å². The van der Waals surface area contributed by atoms with Crippen LogP contribution in [0.25, 0.3) is 6.08 Å². The molecule has 1 fully saturated rings. The van der Waals surface area contributed by atoms with Crippen molar-refractivity contribution in [3.63, 3.8) is 0 Å². The third kappa shape index (κ3) is 5.36. The van der Waals surface area contributed by atoms with E-state index in [4.69, 9.17) is 17.3 Å². The maximum absolute atomic E-state index is 12.4. The van der Waals surface area contributed by atoms with Gasteiger partial charge in [0.15, 0.2) is 0 Å². The first-order chi connectivity index (χ1) is 12.8. The molecule has 1 amide bonds. The molecule has 2 rings (SSSR count). The molecule has 1 aromatic rings. The van der Waals surface area contributed by atoms with E-state index in [9.17, 15) is 35.5 Å². The zero-order valence-electron chi connectivity index (χ0n) is 13.7. The van der Waals surface area contributed by atoms with Gasteiger partial charge in [0.05, 0.1) is 14.7 Å². The van der Waals surface area contributed by atoms with Crippen LogP contribution < -0.4 is 0 Å². The molecule has 0 atom stereocenters. The van der Waals surface area contributed by atoms with E-state index >= 15 is 0 Å². The third-order valence-corrected chi connectivity index (χ3v) is 6.58. The van der Waals surface area contributed by atoms with Crippen LogP contribution in [0.15, 0.2) is 32.9 Å². The molecular weight excluding hydrogens is 454 g/mol. The molecule has 1 aliphatic rings. The summed E-state index contributed by atoms with van der Waals surface area (Å²) in [5.74, 6) is -1.66.